The lowest BCUT2D eigenvalue weighted by molar-refractivity contribution is 0.146. The molecule has 0 saturated heterocycles. The third kappa shape index (κ3) is 4.93. The van der Waals surface area contributed by atoms with Crippen molar-refractivity contribution in [3.05, 3.63) is 82.3 Å². The number of imidazole rings is 1. The van der Waals surface area contributed by atoms with E-state index in [1.54, 1.807) is 18.9 Å². The van der Waals surface area contributed by atoms with Gasteiger partial charge in [-0.15, -0.1) is 0 Å². The summed E-state index contributed by atoms with van der Waals surface area (Å²) in [6.45, 7) is 1.07. The van der Waals surface area contributed by atoms with E-state index in [0.717, 1.165) is 38.4 Å². The molecule has 4 rings (SSSR count). The van der Waals surface area contributed by atoms with Crippen LogP contribution < -0.4 is 4.74 Å². The monoisotopic (exact) mass is 458 g/mol. The molecule has 1 aromatic heterocycles. The van der Waals surface area contributed by atoms with E-state index < -0.39 is 0 Å². The van der Waals surface area contributed by atoms with Gasteiger partial charge in [0.25, 0.3) is 0 Å². The number of ether oxygens (including phenoxy) is 2. The first-order valence-electron chi connectivity index (χ1n) is 9.41. The standard InChI is InChI=1S/C23H20Cl2N2O2S/c1-28-12-13-29-20-9-7-19(8-10-20)27-22-14-18(25)6-11-21(22)26-23(27)30-15-16-2-4-17(24)5-3-16/h2-11,14H,12-13,15H2,1H3. The van der Waals surface area contributed by atoms with Crippen LogP contribution in [0.3, 0.4) is 0 Å². The highest BCUT2D eigenvalue weighted by atomic mass is 35.5. The van der Waals surface area contributed by atoms with Gasteiger partial charge in [-0.2, -0.15) is 0 Å². The zero-order chi connectivity index (χ0) is 20.9. The molecule has 0 fully saturated rings. The first kappa shape index (κ1) is 21.1. The van der Waals surface area contributed by atoms with Gasteiger partial charge in [0.15, 0.2) is 5.16 Å². The Morgan fingerprint density at radius 3 is 2.37 bits per heavy atom. The number of thioether (sulfide) groups is 1. The fourth-order valence-corrected chi connectivity index (χ4v) is 4.31. The zero-order valence-corrected chi connectivity index (χ0v) is 18.7. The molecule has 0 aliphatic heterocycles. The maximum absolute atomic E-state index is 6.28. The van der Waals surface area contributed by atoms with Crippen LogP contribution in [0.1, 0.15) is 5.56 Å². The fraction of sp³-hybridized carbons (Fsp3) is 0.174. The van der Waals surface area contributed by atoms with Gasteiger partial charge in [0, 0.05) is 28.6 Å². The predicted molar refractivity (Wildman–Crippen MR) is 124 cm³/mol. The Morgan fingerprint density at radius 2 is 1.63 bits per heavy atom. The maximum Gasteiger partial charge on any atom is 0.174 e. The minimum absolute atomic E-state index is 0.516. The van der Waals surface area contributed by atoms with Crippen molar-refractivity contribution in [3.8, 4) is 11.4 Å². The van der Waals surface area contributed by atoms with E-state index in [2.05, 4.69) is 4.57 Å². The third-order valence-corrected chi connectivity index (χ3v) is 6.01. The van der Waals surface area contributed by atoms with E-state index in [0.29, 0.717) is 18.2 Å². The summed E-state index contributed by atoms with van der Waals surface area (Å²) in [5, 5.41) is 2.31. The van der Waals surface area contributed by atoms with Gasteiger partial charge in [-0.05, 0) is 60.2 Å². The molecule has 0 unspecified atom stereocenters. The van der Waals surface area contributed by atoms with Gasteiger partial charge in [-0.3, -0.25) is 4.57 Å². The highest BCUT2D eigenvalue weighted by Gasteiger charge is 2.14. The molecule has 0 aliphatic carbocycles. The predicted octanol–water partition coefficient (Wildman–Crippen LogP) is 6.65. The average Bonchev–Trinajstić information content (AvgIpc) is 3.11. The molecule has 0 spiro atoms. The number of methoxy groups -OCH3 is 1. The Hall–Kier alpha value is -2.18. The Kier molecular flexibility index (Phi) is 6.85. The minimum atomic E-state index is 0.516. The molecule has 0 amide bonds. The molecule has 0 bridgehead atoms. The fourth-order valence-electron chi connectivity index (χ4n) is 3.04. The summed E-state index contributed by atoms with van der Waals surface area (Å²) in [7, 11) is 1.66. The molecule has 0 saturated carbocycles. The van der Waals surface area contributed by atoms with Crippen LogP contribution in [0.25, 0.3) is 16.7 Å². The smallest absolute Gasteiger partial charge is 0.174 e. The number of hydrogen-bond acceptors (Lipinski definition) is 4. The number of benzene rings is 3. The van der Waals surface area contributed by atoms with Crippen LogP contribution in [-0.2, 0) is 10.5 Å². The Bertz CT molecular complexity index is 1130. The van der Waals surface area contributed by atoms with E-state index in [9.17, 15) is 0 Å². The Balaban J connectivity index is 1.65. The van der Waals surface area contributed by atoms with Gasteiger partial charge in [0.1, 0.15) is 12.4 Å². The molecule has 0 atom stereocenters. The van der Waals surface area contributed by atoms with Crippen LogP contribution in [0.5, 0.6) is 5.75 Å². The molecular formula is C23H20Cl2N2O2S. The van der Waals surface area contributed by atoms with Crippen molar-refractivity contribution in [1.82, 2.24) is 9.55 Å². The van der Waals surface area contributed by atoms with Crippen molar-refractivity contribution in [2.24, 2.45) is 0 Å². The van der Waals surface area contributed by atoms with Crippen LogP contribution in [0.4, 0.5) is 0 Å². The molecule has 0 radical (unpaired) electrons. The number of hydrogen-bond donors (Lipinski definition) is 0. The summed E-state index contributed by atoms with van der Waals surface area (Å²) in [6.07, 6.45) is 0. The lowest BCUT2D eigenvalue weighted by Gasteiger charge is -2.11. The molecular weight excluding hydrogens is 439 g/mol. The van der Waals surface area contributed by atoms with E-state index >= 15 is 0 Å². The van der Waals surface area contributed by atoms with E-state index in [1.165, 1.54) is 5.56 Å². The second-order valence-corrected chi connectivity index (χ2v) is 8.43. The van der Waals surface area contributed by atoms with Gasteiger partial charge in [0.05, 0.1) is 17.6 Å². The maximum atomic E-state index is 6.28. The van der Waals surface area contributed by atoms with Gasteiger partial charge < -0.3 is 9.47 Å². The first-order valence-corrected chi connectivity index (χ1v) is 11.2. The molecule has 1 heterocycles. The van der Waals surface area contributed by atoms with Crippen LogP contribution in [0.15, 0.2) is 71.9 Å². The number of aromatic nitrogens is 2. The third-order valence-electron chi connectivity index (χ3n) is 4.52. The largest absolute Gasteiger partial charge is 0.491 e. The normalized spacial score (nSPS) is 11.2. The Labute approximate surface area is 189 Å². The van der Waals surface area contributed by atoms with Crippen molar-refractivity contribution < 1.29 is 9.47 Å². The molecule has 7 heteroatoms. The van der Waals surface area contributed by atoms with E-state index in [-0.39, 0.29) is 0 Å². The van der Waals surface area contributed by atoms with Crippen molar-refractivity contribution >= 4 is 46.0 Å². The van der Waals surface area contributed by atoms with Crippen LogP contribution in [0, 0.1) is 0 Å². The van der Waals surface area contributed by atoms with Crippen molar-refractivity contribution in [2.75, 3.05) is 20.3 Å². The number of nitrogens with zero attached hydrogens (tertiary/aromatic N) is 2. The lowest BCUT2D eigenvalue weighted by atomic mass is 10.2. The van der Waals surface area contributed by atoms with Gasteiger partial charge in [-0.25, -0.2) is 4.98 Å². The molecule has 154 valence electrons. The average molecular weight is 459 g/mol. The second kappa shape index (κ2) is 9.75. The summed E-state index contributed by atoms with van der Waals surface area (Å²) >= 11 is 14.0. The molecule has 4 nitrogen and oxygen atoms in total. The van der Waals surface area contributed by atoms with Crippen LogP contribution >= 0.6 is 35.0 Å². The number of halogens is 2. The molecule has 30 heavy (non-hydrogen) atoms. The second-order valence-electron chi connectivity index (χ2n) is 6.61. The summed E-state index contributed by atoms with van der Waals surface area (Å²) in [5.41, 5.74) is 4.05. The molecule has 4 aromatic rings. The molecule has 0 aliphatic rings. The van der Waals surface area contributed by atoms with Crippen LogP contribution in [-0.4, -0.2) is 29.9 Å². The first-order chi connectivity index (χ1) is 14.6. The van der Waals surface area contributed by atoms with E-state index in [4.69, 9.17) is 37.7 Å². The van der Waals surface area contributed by atoms with Crippen LogP contribution in [0.2, 0.25) is 10.0 Å². The quantitative estimate of drug-likeness (QED) is 0.218. The topological polar surface area (TPSA) is 36.3 Å². The van der Waals surface area contributed by atoms with Gasteiger partial charge >= 0.3 is 0 Å². The minimum Gasteiger partial charge on any atom is -0.491 e. The summed E-state index contributed by atoms with van der Waals surface area (Å²) < 4.78 is 12.8. The molecule has 0 N–H and O–H groups in total. The highest BCUT2D eigenvalue weighted by molar-refractivity contribution is 7.98. The number of rotatable bonds is 8. The van der Waals surface area contributed by atoms with Gasteiger partial charge in [-0.1, -0.05) is 47.1 Å². The van der Waals surface area contributed by atoms with Gasteiger partial charge in [0.2, 0.25) is 0 Å². The lowest BCUT2D eigenvalue weighted by Crippen LogP contribution is -2.04. The zero-order valence-electron chi connectivity index (χ0n) is 16.3. The van der Waals surface area contributed by atoms with Crippen molar-refractivity contribution in [1.29, 1.82) is 0 Å². The van der Waals surface area contributed by atoms with Crippen molar-refractivity contribution in [2.45, 2.75) is 10.9 Å². The molecule has 3 aromatic carbocycles. The number of fused-ring (bicyclic) bond motifs is 1. The Morgan fingerprint density at radius 1 is 0.900 bits per heavy atom. The highest BCUT2D eigenvalue weighted by Crippen LogP contribution is 2.32. The SMILES string of the molecule is COCCOc1ccc(-n2c(SCc3ccc(Cl)cc3)nc3ccc(Cl)cc32)cc1. The summed E-state index contributed by atoms with van der Waals surface area (Å²) in [6, 6.07) is 21.6. The van der Waals surface area contributed by atoms with Crippen molar-refractivity contribution in [3.63, 3.8) is 0 Å². The summed E-state index contributed by atoms with van der Waals surface area (Å²) in [4.78, 5) is 4.84. The van der Waals surface area contributed by atoms with E-state index in [1.807, 2.05) is 66.7 Å². The summed E-state index contributed by atoms with van der Waals surface area (Å²) in [5.74, 6) is 1.58.